The van der Waals surface area contributed by atoms with E-state index in [-0.39, 0.29) is 12.5 Å². The lowest BCUT2D eigenvalue weighted by Gasteiger charge is -2.18. The molecular formula is C17H18N4O2. The number of amides is 1. The van der Waals surface area contributed by atoms with Crippen molar-refractivity contribution in [1.82, 2.24) is 14.5 Å². The molecule has 1 aromatic carbocycles. The smallest absolute Gasteiger partial charge is 0.249 e. The van der Waals surface area contributed by atoms with Gasteiger partial charge < -0.3 is 15.0 Å². The molecule has 3 aromatic rings. The Morgan fingerprint density at radius 2 is 2.17 bits per heavy atom. The summed E-state index contributed by atoms with van der Waals surface area (Å²) >= 11 is 0. The summed E-state index contributed by atoms with van der Waals surface area (Å²) in [6.45, 7) is 1.68. The molecule has 1 unspecified atom stereocenters. The Bertz CT molecular complexity index is 828. The van der Waals surface area contributed by atoms with Crippen LogP contribution in [0.25, 0.3) is 10.9 Å². The molecule has 0 bridgehead atoms. The van der Waals surface area contributed by atoms with Crippen LogP contribution in [0, 0.1) is 0 Å². The van der Waals surface area contributed by atoms with Crippen LogP contribution in [0.2, 0.25) is 0 Å². The Morgan fingerprint density at radius 1 is 1.35 bits per heavy atom. The minimum Gasteiger partial charge on any atom is -0.394 e. The zero-order valence-electron chi connectivity index (χ0n) is 12.8. The van der Waals surface area contributed by atoms with Crippen molar-refractivity contribution in [3.8, 4) is 0 Å². The summed E-state index contributed by atoms with van der Waals surface area (Å²) < 4.78 is 1.70. The summed E-state index contributed by atoms with van der Waals surface area (Å²) in [5.74, 6) is -0.294. The molecule has 0 saturated heterocycles. The maximum absolute atomic E-state index is 12.5. The zero-order chi connectivity index (χ0) is 16.2. The van der Waals surface area contributed by atoms with Crippen molar-refractivity contribution in [2.45, 2.75) is 19.4 Å². The van der Waals surface area contributed by atoms with Crippen LogP contribution in [-0.2, 0) is 11.2 Å². The Labute approximate surface area is 133 Å². The number of hydrogen-bond donors (Lipinski definition) is 2. The molecule has 2 aromatic heterocycles. The van der Waals surface area contributed by atoms with E-state index in [1.807, 2.05) is 37.3 Å². The van der Waals surface area contributed by atoms with E-state index in [2.05, 4.69) is 15.3 Å². The third-order valence-corrected chi connectivity index (χ3v) is 3.78. The summed E-state index contributed by atoms with van der Waals surface area (Å²) in [7, 11) is 0. The number of aliphatic hydroxyl groups excluding tert-OH is 1. The molecule has 0 fully saturated rings. The number of aryl methyl sites for hydroxylation is 1. The van der Waals surface area contributed by atoms with Crippen molar-refractivity contribution >= 4 is 22.5 Å². The number of fused-ring (bicyclic) bond motifs is 1. The highest BCUT2D eigenvalue weighted by Crippen LogP contribution is 2.18. The van der Waals surface area contributed by atoms with Gasteiger partial charge in [0.2, 0.25) is 5.91 Å². The molecule has 2 heterocycles. The van der Waals surface area contributed by atoms with E-state index in [9.17, 15) is 9.90 Å². The predicted molar refractivity (Wildman–Crippen MR) is 88.1 cm³/mol. The number of aromatic nitrogens is 3. The fourth-order valence-corrected chi connectivity index (χ4v) is 2.55. The van der Waals surface area contributed by atoms with Gasteiger partial charge in [-0.1, -0.05) is 25.1 Å². The monoisotopic (exact) mass is 310 g/mol. The first kappa shape index (κ1) is 15.2. The second-order valence-corrected chi connectivity index (χ2v) is 5.25. The van der Waals surface area contributed by atoms with Gasteiger partial charge >= 0.3 is 0 Å². The highest BCUT2D eigenvalue weighted by atomic mass is 16.3. The number of pyridine rings is 1. The summed E-state index contributed by atoms with van der Waals surface area (Å²) in [6, 6.07) is 8.84. The van der Waals surface area contributed by atoms with E-state index < -0.39 is 6.04 Å². The molecule has 3 rings (SSSR count). The highest BCUT2D eigenvalue weighted by Gasteiger charge is 2.21. The van der Waals surface area contributed by atoms with Gasteiger partial charge in [-0.3, -0.25) is 9.78 Å². The van der Waals surface area contributed by atoms with Crippen LogP contribution in [0.5, 0.6) is 0 Å². The van der Waals surface area contributed by atoms with Gasteiger partial charge in [0.15, 0.2) is 0 Å². The molecule has 6 nitrogen and oxygen atoms in total. The van der Waals surface area contributed by atoms with Crippen LogP contribution < -0.4 is 5.32 Å². The lowest BCUT2D eigenvalue weighted by molar-refractivity contribution is -0.120. The number of rotatable bonds is 5. The van der Waals surface area contributed by atoms with Gasteiger partial charge in [-0.15, -0.1) is 0 Å². The van der Waals surface area contributed by atoms with E-state index in [0.717, 1.165) is 23.0 Å². The fraction of sp³-hybridized carbons (Fsp3) is 0.235. The van der Waals surface area contributed by atoms with E-state index in [1.54, 1.807) is 23.3 Å². The largest absolute Gasteiger partial charge is 0.394 e. The summed E-state index contributed by atoms with van der Waals surface area (Å²) in [4.78, 5) is 20.9. The zero-order valence-corrected chi connectivity index (χ0v) is 12.8. The number of hydrogen-bond acceptors (Lipinski definition) is 4. The number of carbonyl (C=O) groups excluding carboxylic acids is 1. The van der Waals surface area contributed by atoms with Crippen LogP contribution in [0.3, 0.4) is 0 Å². The molecule has 0 saturated carbocycles. The first-order valence-corrected chi connectivity index (χ1v) is 7.50. The van der Waals surface area contributed by atoms with Crippen molar-refractivity contribution in [1.29, 1.82) is 0 Å². The van der Waals surface area contributed by atoms with Gasteiger partial charge in [-0.2, -0.15) is 0 Å². The summed E-state index contributed by atoms with van der Waals surface area (Å²) in [5, 5.41) is 13.4. The number of nitrogens with zero attached hydrogens (tertiary/aromatic N) is 3. The molecule has 2 N–H and O–H groups in total. The van der Waals surface area contributed by atoms with E-state index in [0.29, 0.717) is 5.69 Å². The maximum Gasteiger partial charge on any atom is 0.249 e. The van der Waals surface area contributed by atoms with Crippen molar-refractivity contribution in [2.24, 2.45) is 0 Å². The quantitative estimate of drug-likeness (QED) is 0.757. The predicted octanol–water partition coefficient (Wildman–Crippen LogP) is 2.17. The number of benzene rings is 1. The van der Waals surface area contributed by atoms with Gasteiger partial charge in [0.25, 0.3) is 0 Å². The molecule has 23 heavy (non-hydrogen) atoms. The number of anilines is 1. The SMILES string of the molecule is CCc1cncn1C(CO)C(=O)Nc1cnc2ccccc2c1. The standard InChI is InChI=1S/C17H18N4O2/c1-2-14-9-18-11-21(14)16(10-22)17(23)20-13-7-12-5-3-4-6-15(12)19-8-13/h3-9,11,16,22H,2,10H2,1H3,(H,20,23). The molecule has 1 amide bonds. The minimum atomic E-state index is -0.709. The van der Waals surface area contributed by atoms with Crippen molar-refractivity contribution < 1.29 is 9.90 Å². The molecule has 0 aliphatic rings. The average molecular weight is 310 g/mol. The van der Waals surface area contributed by atoms with Crippen LogP contribution in [0.4, 0.5) is 5.69 Å². The molecule has 0 radical (unpaired) electrons. The van der Waals surface area contributed by atoms with Crippen molar-refractivity contribution in [3.05, 3.63) is 54.7 Å². The summed E-state index contributed by atoms with van der Waals surface area (Å²) in [5.41, 5.74) is 2.37. The second kappa shape index (κ2) is 6.58. The lowest BCUT2D eigenvalue weighted by Crippen LogP contribution is -2.29. The van der Waals surface area contributed by atoms with E-state index in [1.165, 1.54) is 0 Å². The molecule has 1 atom stereocenters. The van der Waals surface area contributed by atoms with Crippen LogP contribution >= 0.6 is 0 Å². The van der Waals surface area contributed by atoms with Gasteiger partial charge in [-0.05, 0) is 18.6 Å². The van der Waals surface area contributed by atoms with Gasteiger partial charge in [0.05, 0.1) is 30.3 Å². The number of imidazole rings is 1. The number of para-hydroxylation sites is 1. The van der Waals surface area contributed by atoms with Crippen molar-refractivity contribution in [3.63, 3.8) is 0 Å². The lowest BCUT2D eigenvalue weighted by atomic mass is 10.2. The van der Waals surface area contributed by atoms with Crippen LogP contribution in [-0.4, -0.2) is 32.2 Å². The van der Waals surface area contributed by atoms with E-state index in [4.69, 9.17) is 0 Å². The fourth-order valence-electron chi connectivity index (χ4n) is 2.55. The number of aliphatic hydroxyl groups is 1. The Kier molecular flexibility index (Phi) is 4.34. The Morgan fingerprint density at radius 3 is 2.96 bits per heavy atom. The number of nitrogens with one attached hydrogen (secondary N) is 1. The molecule has 0 aliphatic carbocycles. The van der Waals surface area contributed by atoms with Gasteiger partial charge in [0, 0.05) is 17.3 Å². The second-order valence-electron chi connectivity index (χ2n) is 5.25. The topological polar surface area (TPSA) is 80.0 Å². The first-order chi connectivity index (χ1) is 11.2. The molecular weight excluding hydrogens is 292 g/mol. The summed E-state index contributed by atoms with van der Waals surface area (Å²) in [6.07, 6.45) is 5.62. The molecule has 6 heteroatoms. The molecule has 0 aliphatic heterocycles. The Hall–Kier alpha value is -2.73. The average Bonchev–Trinajstić information content (AvgIpc) is 3.04. The van der Waals surface area contributed by atoms with E-state index >= 15 is 0 Å². The maximum atomic E-state index is 12.5. The normalized spacial score (nSPS) is 12.3. The Balaban J connectivity index is 1.83. The third kappa shape index (κ3) is 3.07. The van der Waals surface area contributed by atoms with Crippen molar-refractivity contribution in [2.75, 3.05) is 11.9 Å². The minimum absolute atomic E-state index is 0.294. The molecule has 118 valence electrons. The van der Waals surface area contributed by atoms with Crippen LogP contribution in [0.15, 0.2) is 49.1 Å². The number of carbonyl (C=O) groups is 1. The first-order valence-electron chi connectivity index (χ1n) is 7.50. The molecule has 0 spiro atoms. The third-order valence-electron chi connectivity index (χ3n) is 3.78. The van der Waals surface area contributed by atoms with Gasteiger partial charge in [-0.25, -0.2) is 4.98 Å². The van der Waals surface area contributed by atoms with Crippen LogP contribution in [0.1, 0.15) is 18.7 Å². The van der Waals surface area contributed by atoms with Gasteiger partial charge in [0.1, 0.15) is 6.04 Å². The highest BCUT2D eigenvalue weighted by molar-refractivity contribution is 5.95.